The Morgan fingerprint density at radius 3 is 2.50 bits per heavy atom. The quantitative estimate of drug-likeness (QED) is 0.414. The van der Waals surface area contributed by atoms with Crippen molar-refractivity contribution >= 4 is 6.08 Å². The van der Waals surface area contributed by atoms with Crippen LogP contribution in [0.15, 0.2) is 30.5 Å². The summed E-state index contributed by atoms with van der Waals surface area (Å²) in [6, 6.07) is 8.71. The minimum absolute atomic E-state index is 0.0741. The van der Waals surface area contributed by atoms with E-state index in [0.29, 0.717) is 0 Å². The van der Waals surface area contributed by atoms with E-state index in [4.69, 9.17) is 5.21 Å². The Hall–Kier alpha value is -1.36. The van der Waals surface area contributed by atoms with Crippen molar-refractivity contribution in [1.29, 1.82) is 0 Å². The average molecular weight is 277 g/mol. The van der Waals surface area contributed by atoms with Crippen molar-refractivity contribution in [3.8, 4) is 0 Å². The highest BCUT2D eigenvalue weighted by atomic mass is 16.5. The van der Waals surface area contributed by atoms with E-state index in [1.54, 1.807) is 7.05 Å². The second-order valence-electron chi connectivity index (χ2n) is 5.03. The van der Waals surface area contributed by atoms with E-state index in [2.05, 4.69) is 47.3 Å². The minimum Gasteiger partial charge on any atom is -0.385 e. The summed E-state index contributed by atoms with van der Waals surface area (Å²) >= 11 is 0. The van der Waals surface area contributed by atoms with Crippen LogP contribution in [-0.4, -0.2) is 24.5 Å². The zero-order valence-corrected chi connectivity index (χ0v) is 12.7. The van der Waals surface area contributed by atoms with Crippen molar-refractivity contribution < 1.29 is 5.21 Å². The number of hydrogen-bond acceptors (Lipinski definition) is 4. The fourth-order valence-corrected chi connectivity index (χ4v) is 2.00. The van der Waals surface area contributed by atoms with Gasteiger partial charge in [-0.25, -0.2) is 0 Å². The molecule has 0 bridgehead atoms. The van der Waals surface area contributed by atoms with E-state index in [9.17, 15) is 0 Å². The maximum atomic E-state index is 8.94. The van der Waals surface area contributed by atoms with Crippen LogP contribution in [0.4, 0.5) is 0 Å². The topological polar surface area (TPSA) is 56.3 Å². The van der Waals surface area contributed by atoms with E-state index in [-0.39, 0.29) is 12.2 Å². The van der Waals surface area contributed by atoms with Gasteiger partial charge in [-0.15, -0.1) is 0 Å². The van der Waals surface area contributed by atoms with E-state index in [0.717, 1.165) is 6.42 Å². The van der Waals surface area contributed by atoms with Crippen LogP contribution in [0, 0.1) is 0 Å². The largest absolute Gasteiger partial charge is 0.385 e. The molecule has 0 amide bonds. The molecule has 0 aromatic heterocycles. The number of unbranched alkanes of at least 4 members (excludes halogenated alkanes) is 1. The molecule has 0 aliphatic carbocycles. The lowest BCUT2D eigenvalue weighted by Crippen LogP contribution is -2.51. The lowest BCUT2D eigenvalue weighted by molar-refractivity contribution is 0.0993. The van der Waals surface area contributed by atoms with Crippen molar-refractivity contribution in [3.05, 3.63) is 41.6 Å². The monoisotopic (exact) mass is 277 g/mol. The molecule has 4 nitrogen and oxygen atoms in total. The molecule has 0 aliphatic rings. The molecule has 4 N–H and O–H groups in total. The van der Waals surface area contributed by atoms with Crippen molar-refractivity contribution in [3.63, 3.8) is 0 Å². The zero-order valence-electron chi connectivity index (χ0n) is 12.7. The molecular formula is C16H27N3O. The Bertz CT molecular complexity index is 385. The molecule has 0 radical (unpaired) electrons. The number of hydroxylamine groups is 1. The number of likely N-dealkylation sites (N-methyl/N-ethyl adjacent to an activating group) is 1. The number of benzene rings is 1. The van der Waals surface area contributed by atoms with Crippen LogP contribution in [0.1, 0.15) is 37.8 Å². The van der Waals surface area contributed by atoms with Gasteiger partial charge in [-0.2, -0.15) is 5.48 Å². The highest BCUT2D eigenvalue weighted by molar-refractivity contribution is 5.49. The molecule has 1 rings (SSSR count). The second kappa shape index (κ2) is 9.53. The zero-order chi connectivity index (χ0) is 14.8. The number of hydrogen-bond donors (Lipinski definition) is 4. The predicted octanol–water partition coefficient (Wildman–Crippen LogP) is 2.50. The van der Waals surface area contributed by atoms with Crippen molar-refractivity contribution in [2.75, 3.05) is 7.05 Å². The van der Waals surface area contributed by atoms with Gasteiger partial charge in [-0.05, 0) is 50.2 Å². The summed E-state index contributed by atoms with van der Waals surface area (Å²) in [6.07, 6.45) is 7.39. The van der Waals surface area contributed by atoms with Crippen LogP contribution in [0.25, 0.3) is 6.08 Å². The highest BCUT2D eigenvalue weighted by Gasteiger charge is 2.11. The molecule has 4 heteroatoms. The Labute approximate surface area is 122 Å². The maximum Gasteiger partial charge on any atom is 0.101 e. The van der Waals surface area contributed by atoms with E-state index < -0.39 is 0 Å². The van der Waals surface area contributed by atoms with Crippen molar-refractivity contribution in [2.45, 2.75) is 45.3 Å². The standard InChI is InChI=1S/C16H27N3O/c1-4-5-6-14-7-9-15(10-8-14)11-12-18-13(2)16(17-3)19-20/h7-13,16-20H,4-6H2,1-3H3. The lowest BCUT2D eigenvalue weighted by atomic mass is 10.1. The number of aryl methyl sites for hydroxylation is 1. The maximum absolute atomic E-state index is 8.94. The number of nitrogens with one attached hydrogen (secondary N) is 3. The Balaban J connectivity index is 2.45. The van der Waals surface area contributed by atoms with Gasteiger partial charge in [0, 0.05) is 0 Å². The molecule has 0 saturated carbocycles. The average Bonchev–Trinajstić information content (AvgIpc) is 2.47. The van der Waals surface area contributed by atoms with Crippen LogP contribution < -0.4 is 16.1 Å². The summed E-state index contributed by atoms with van der Waals surface area (Å²) in [6.45, 7) is 4.20. The van der Waals surface area contributed by atoms with E-state index in [1.165, 1.54) is 24.0 Å². The van der Waals surface area contributed by atoms with Gasteiger partial charge in [-0.3, -0.25) is 0 Å². The molecule has 0 fully saturated rings. The molecule has 20 heavy (non-hydrogen) atoms. The summed E-state index contributed by atoms with van der Waals surface area (Å²) in [4.78, 5) is 0. The van der Waals surface area contributed by atoms with Gasteiger partial charge in [0.05, 0.1) is 6.04 Å². The molecule has 0 aliphatic heterocycles. The van der Waals surface area contributed by atoms with E-state index >= 15 is 0 Å². The molecule has 112 valence electrons. The van der Waals surface area contributed by atoms with Gasteiger partial charge in [0.15, 0.2) is 0 Å². The summed E-state index contributed by atoms with van der Waals surface area (Å²) in [7, 11) is 1.80. The lowest BCUT2D eigenvalue weighted by Gasteiger charge is -2.21. The highest BCUT2D eigenvalue weighted by Crippen LogP contribution is 2.09. The molecule has 2 atom stereocenters. The Morgan fingerprint density at radius 1 is 1.25 bits per heavy atom. The second-order valence-corrected chi connectivity index (χ2v) is 5.03. The van der Waals surface area contributed by atoms with Gasteiger partial charge in [0.25, 0.3) is 0 Å². The van der Waals surface area contributed by atoms with Crippen LogP contribution in [-0.2, 0) is 6.42 Å². The SMILES string of the molecule is CCCCc1ccc(C=CNC(C)C(NC)NO)cc1. The third-order valence-electron chi connectivity index (χ3n) is 3.38. The predicted molar refractivity (Wildman–Crippen MR) is 84.5 cm³/mol. The first kappa shape index (κ1) is 16.7. The summed E-state index contributed by atoms with van der Waals surface area (Å²) < 4.78 is 0. The van der Waals surface area contributed by atoms with Gasteiger partial charge < -0.3 is 15.8 Å². The molecule has 0 spiro atoms. The van der Waals surface area contributed by atoms with Crippen LogP contribution >= 0.6 is 0 Å². The number of rotatable bonds is 9. The molecule has 1 aromatic rings. The van der Waals surface area contributed by atoms with Crippen LogP contribution in [0.5, 0.6) is 0 Å². The third kappa shape index (κ3) is 5.74. The normalized spacial score (nSPS) is 14.4. The third-order valence-corrected chi connectivity index (χ3v) is 3.38. The van der Waals surface area contributed by atoms with Crippen molar-refractivity contribution in [2.24, 2.45) is 0 Å². The Kier molecular flexibility index (Phi) is 7.95. The Morgan fingerprint density at radius 2 is 1.95 bits per heavy atom. The summed E-state index contributed by atoms with van der Waals surface area (Å²) in [5.41, 5.74) is 4.78. The first-order valence-corrected chi connectivity index (χ1v) is 7.29. The smallest absolute Gasteiger partial charge is 0.101 e. The summed E-state index contributed by atoms with van der Waals surface area (Å²) in [5.74, 6) is 0. The van der Waals surface area contributed by atoms with Gasteiger partial charge in [0.1, 0.15) is 6.17 Å². The fraction of sp³-hybridized carbons (Fsp3) is 0.500. The molecular weight excluding hydrogens is 250 g/mol. The minimum atomic E-state index is -0.184. The first-order chi connectivity index (χ1) is 9.71. The molecule has 1 aromatic carbocycles. The molecule has 0 saturated heterocycles. The van der Waals surface area contributed by atoms with Gasteiger partial charge >= 0.3 is 0 Å². The van der Waals surface area contributed by atoms with Crippen LogP contribution in [0.2, 0.25) is 0 Å². The first-order valence-electron chi connectivity index (χ1n) is 7.29. The summed E-state index contributed by atoms with van der Waals surface area (Å²) in [5, 5.41) is 15.1. The van der Waals surface area contributed by atoms with Crippen molar-refractivity contribution in [1.82, 2.24) is 16.1 Å². The van der Waals surface area contributed by atoms with Crippen LogP contribution in [0.3, 0.4) is 0 Å². The van der Waals surface area contributed by atoms with E-state index in [1.807, 2.05) is 19.2 Å². The fourth-order valence-electron chi connectivity index (χ4n) is 2.00. The molecule has 0 heterocycles. The molecule has 2 unspecified atom stereocenters. The van der Waals surface area contributed by atoms with Gasteiger partial charge in [-0.1, -0.05) is 37.6 Å². The van der Waals surface area contributed by atoms with Gasteiger partial charge in [0.2, 0.25) is 0 Å².